The zero-order chi connectivity index (χ0) is 23.2. The Morgan fingerprint density at radius 1 is 0.818 bits per heavy atom. The van der Waals surface area contributed by atoms with Crippen LogP contribution in [0.1, 0.15) is 87.4 Å². The van der Waals surface area contributed by atoms with Crippen LogP contribution in [0.2, 0.25) is 10.0 Å². The highest BCUT2D eigenvalue weighted by Gasteiger charge is 2.50. The van der Waals surface area contributed by atoms with Gasteiger partial charge in [-0.25, -0.2) is 0 Å². The van der Waals surface area contributed by atoms with E-state index in [1.165, 1.54) is 12.1 Å². The van der Waals surface area contributed by atoms with E-state index in [0.29, 0.717) is 5.02 Å². The standard InChI is InChI=1S/C25H30Cl2N2O4/c26-17-13-18(20(19(27)14-17)33-23(32)16-5-2-6-16)22(31)29-25-10-7-24(8-11-25,9-12-25)28-21(30)15-3-1-4-15/h13-16H,1-12H2,(H,28,30)(H,29,31). The zero-order valence-corrected chi connectivity index (χ0v) is 20.2. The molecule has 0 aliphatic heterocycles. The molecule has 1 aromatic carbocycles. The van der Waals surface area contributed by atoms with Crippen molar-refractivity contribution in [3.8, 4) is 5.75 Å². The van der Waals surface area contributed by atoms with E-state index in [2.05, 4.69) is 10.6 Å². The highest BCUT2D eigenvalue weighted by molar-refractivity contribution is 6.36. The molecule has 178 valence electrons. The van der Waals surface area contributed by atoms with Gasteiger partial charge in [0.2, 0.25) is 5.91 Å². The minimum atomic E-state index is -0.347. The van der Waals surface area contributed by atoms with Crippen LogP contribution in [0.25, 0.3) is 0 Å². The maximum Gasteiger partial charge on any atom is 0.314 e. The first-order valence-corrected chi connectivity index (χ1v) is 12.9. The van der Waals surface area contributed by atoms with Crippen molar-refractivity contribution in [1.29, 1.82) is 0 Å². The molecule has 2 bridgehead atoms. The first-order valence-electron chi connectivity index (χ1n) is 12.1. The summed E-state index contributed by atoms with van der Waals surface area (Å²) in [7, 11) is 0. The lowest BCUT2D eigenvalue weighted by molar-refractivity contribution is -0.141. The summed E-state index contributed by atoms with van der Waals surface area (Å²) in [5.74, 6) is -0.344. The number of esters is 1. The van der Waals surface area contributed by atoms with E-state index in [9.17, 15) is 14.4 Å². The van der Waals surface area contributed by atoms with Crippen molar-refractivity contribution in [1.82, 2.24) is 10.6 Å². The lowest BCUT2D eigenvalue weighted by atomic mass is 9.61. The van der Waals surface area contributed by atoms with Gasteiger partial charge >= 0.3 is 5.97 Å². The first-order chi connectivity index (χ1) is 15.8. The molecule has 0 radical (unpaired) electrons. The second-order valence-corrected chi connectivity index (χ2v) is 11.3. The van der Waals surface area contributed by atoms with Crippen LogP contribution in [0, 0.1) is 11.8 Å². The number of hydrogen-bond donors (Lipinski definition) is 2. The summed E-state index contributed by atoms with van der Waals surface area (Å²) in [6, 6.07) is 3.00. The van der Waals surface area contributed by atoms with Gasteiger partial charge in [0.25, 0.3) is 5.91 Å². The molecule has 6 rings (SSSR count). The van der Waals surface area contributed by atoms with Crippen molar-refractivity contribution >= 4 is 41.0 Å². The van der Waals surface area contributed by atoms with Crippen LogP contribution in [0.5, 0.6) is 5.75 Å². The first kappa shape index (κ1) is 23.0. The summed E-state index contributed by atoms with van der Waals surface area (Å²) < 4.78 is 5.58. The molecule has 5 aliphatic rings. The average molecular weight is 493 g/mol. The number of halogens is 2. The summed E-state index contributed by atoms with van der Waals surface area (Å²) in [5.41, 5.74) is -0.276. The van der Waals surface area contributed by atoms with E-state index in [1.807, 2.05) is 0 Å². The smallest absolute Gasteiger partial charge is 0.314 e. The van der Waals surface area contributed by atoms with E-state index < -0.39 is 0 Å². The summed E-state index contributed by atoms with van der Waals surface area (Å²) in [6.45, 7) is 0. The monoisotopic (exact) mass is 492 g/mol. The Morgan fingerprint density at radius 2 is 1.36 bits per heavy atom. The molecule has 2 amide bonds. The Kier molecular flexibility index (Phi) is 6.11. The predicted molar refractivity (Wildman–Crippen MR) is 126 cm³/mol. The Hall–Kier alpha value is -1.79. The van der Waals surface area contributed by atoms with Gasteiger partial charge < -0.3 is 15.4 Å². The van der Waals surface area contributed by atoms with Gasteiger partial charge in [0.15, 0.2) is 5.75 Å². The van der Waals surface area contributed by atoms with Gasteiger partial charge in [-0.3, -0.25) is 14.4 Å². The van der Waals surface area contributed by atoms with Crippen molar-refractivity contribution in [2.75, 3.05) is 0 Å². The molecule has 6 nitrogen and oxygen atoms in total. The molecular formula is C25H30Cl2N2O4. The van der Waals surface area contributed by atoms with E-state index in [4.69, 9.17) is 27.9 Å². The Morgan fingerprint density at radius 3 is 1.88 bits per heavy atom. The molecule has 0 spiro atoms. The number of fused-ring (bicyclic) bond motifs is 3. The van der Waals surface area contributed by atoms with E-state index in [0.717, 1.165) is 77.0 Å². The molecule has 33 heavy (non-hydrogen) atoms. The minimum absolute atomic E-state index is 0.0839. The molecule has 5 fully saturated rings. The van der Waals surface area contributed by atoms with Crippen molar-refractivity contribution in [2.24, 2.45) is 11.8 Å². The fourth-order valence-electron chi connectivity index (χ4n) is 5.56. The molecule has 2 N–H and O–H groups in total. The lowest BCUT2D eigenvalue weighted by Gasteiger charge is -2.54. The summed E-state index contributed by atoms with van der Waals surface area (Å²) >= 11 is 12.5. The predicted octanol–water partition coefficient (Wildman–Crippen LogP) is 5.19. The van der Waals surface area contributed by atoms with Crippen molar-refractivity contribution in [2.45, 2.75) is 88.1 Å². The number of carbonyl (C=O) groups excluding carboxylic acids is 3. The van der Waals surface area contributed by atoms with Crippen LogP contribution < -0.4 is 15.4 Å². The third-order valence-electron chi connectivity index (χ3n) is 8.38. The molecule has 0 unspecified atom stereocenters. The van der Waals surface area contributed by atoms with E-state index >= 15 is 0 Å². The molecule has 0 heterocycles. The third kappa shape index (κ3) is 4.49. The second kappa shape index (κ2) is 8.77. The molecule has 5 saturated carbocycles. The Balaban J connectivity index is 1.27. The third-order valence-corrected chi connectivity index (χ3v) is 8.88. The minimum Gasteiger partial charge on any atom is -0.424 e. The van der Waals surface area contributed by atoms with Crippen molar-refractivity contribution in [3.63, 3.8) is 0 Å². The average Bonchev–Trinajstić information content (AvgIpc) is 2.68. The van der Waals surface area contributed by atoms with Gasteiger partial charge in [-0.1, -0.05) is 36.0 Å². The van der Waals surface area contributed by atoms with Gasteiger partial charge in [0.05, 0.1) is 16.5 Å². The fraction of sp³-hybridized carbons (Fsp3) is 0.640. The van der Waals surface area contributed by atoms with Gasteiger partial charge in [-0.05, 0) is 76.3 Å². The van der Waals surface area contributed by atoms with Gasteiger partial charge in [-0.2, -0.15) is 0 Å². The maximum absolute atomic E-state index is 13.4. The number of rotatable bonds is 6. The number of nitrogens with one attached hydrogen (secondary N) is 2. The van der Waals surface area contributed by atoms with Gasteiger partial charge in [-0.15, -0.1) is 0 Å². The quantitative estimate of drug-likeness (QED) is 0.422. The van der Waals surface area contributed by atoms with Gasteiger partial charge in [0.1, 0.15) is 0 Å². The van der Waals surface area contributed by atoms with Crippen LogP contribution in [0.3, 0.4) is 0 Å². The molecule has 1 aromatic rings. The van der Waals surface area contributed by atoms with Gasteiger partial charge in [0, 0.05) is 22.0 Å². The maximum atomic E-state index is 13.4. The SMILES string of the molecule is O=C(NC12CCC(NC(=O)C3CCC3)(CC1)CC2)c1cc(Cl)cc(Cl)c1OC(=O)C1CCC1. The summed E-state index contributed by atoms with van der Waals surface area (Å²) in [4.78, 5) is 38.3. The number of hydrogen-bond acceptors (Lipinski definition) is 4. The zero-order valence-electron chi connectivity index (χ0n) is 18.7. The molecule has 0 saturated heterocycles. The number of benzene rings is 1. The topological polar surface area (TPSA) is 84.5 Å². The Labute approximate surface area is 204 Å². The summed E-state index contributed by atoms with van der Waals surface area (Å²) in [5, 5.41) is 7.04. The molecule has 0 aromatic heterocycles. The number of amides is 2. The Bertz CT molecular complexity index is 962. The normalized spacial score (nSPS) is 29.0. The molecular weight excluding hydrogens is 463 g/mol. The van der Waals surface area contributed by atoms with E-state index in [-0.39, 0.29) is 57.0 Å². The molecule has 0 atom stereocenters. The molecule has 8 heteroatoms. The largest absolute Gasteiger partial charge is 0.424 e. The molecule has 5 aliphatic carbocycles. The highest BCUT2D eigenvalue weighted by Crippen LogP contribution is 2.48. The van der Waals surface area contributed by atoms with Crippen molar-refractivity contribution < 1.29 is 19.1 Å². The number of carbonyl (C=O) groups is 3. The van der Waals surface area contributed by atoms with Crippen molar-refractivity contribution in [3.05, 3.63) is 27.7 Å². The van der Waals surface area contributed by atoms with Crippen LogP contribution in [-0.4, -0.2) is 28.9 Å². The fourth-order valence-corrected chi connectivity index (χ4v) is 6.10. The van der Waals surface area contributed by atoms with E-state index in [1.54, 1.807) is 0 Å². The van der Waals surface area contributed by atoms with Crippen LogP contribution >= 0.6 is 23.2 Å². The van der Waals surface area contributed by atoms with Crippen LogP contribution in [-0.2, 0) is 9.59 Å². The highest BCUT2D eigenvalue weighted by atomic mass is 35.5. The number of ether oxygens (including phenoxy) is 1. The van der Waals surface area contributed by atoms with Crippen LogP contribution in [0.4, 0.5) is 0 Å². The lowest BCUT2D eigenvalue weighted by Crippen LogP contribution is -2.64. The summed E-state index contributed by atoms with van der Waals surface area (Å²) in [6.07, 6.45) is 10.7. The van der Waals surface area contributed by atoms with Crippen LogP contribution in [0.15, 0.2) is 12.1 Å². The second-order valence-electron chi connectivity index (χ2n) is 10.4.